The summed E-state index contributed by atoms with van der Waals surface area (Å²) in [4.78, 5) is 0.119. The van der Waals surface area contributed by atoms with Crippen LogP contribution in [0.3, 0.4) is 0 Å². The highest BCUT2D eigenvalue weighted by Gasteiger charge is 2.44. The molecule has 146 valence electrons. The smallest absolute Gasteiger partial charge is 0.240 e. The zero-order chi connectivity index (χ0) is 20.1. The Morgan fingerprint density at radius 3 is 2.04 bits per heavy atom. The molecule has 0 bridgehead atoms. The van der Waals surface area contributed by atoms with Crippen LogP contribution in [0.25, 0.3) is 0 Å². The van der Waals surface area contributed by atoms with E-state index in [2.05, 4.69) is 4.72 Å². The van der Waals surface area contributed by atoms with E-state index in [9.17, 15) is 13.5 Å². The third-order valence-electron chi connectivity index (χ3n) is 5.14. The molecule has 0 saturated heterocycles. The summed E-state index contributed by atoms with van der Waals surface area (Å²) in [6.45, 7) is 11.2. The first-order chi connectivity index (χ1) is 12.0. The molecule has 2 N–H and O–H groups in total. The molecule has 1 aromatic rings. The normalized spacial score (nSPS) is 18.3. The van der Waals surface area contributed by atoms with Crippen LogP contribution in [0.15, 0.2) is 52.5 Å². The molecule has 6 heteroatoms. The lowest BCUT2D eigenvalue weighted by Crippen LogP contribution is -2.57. The fourth-order valence-electron chi connectivity index (χ4n) is 2.94. The van der Waals surface area contributed by atoms with E-state index < -0.39 is 21.7 Å². The zero-order valence-corrected chi connectivity index (χ0v) is 17.9. The van der Waals surface area contributed by atoms with Crippen molar-refractivity contribution in [2.24, 2.45) is 5.92 Å². The van der Waals surface area contributed by atoms with Crippen molar-refractivity contribution >= 4 is 21.6 Å². The summed E-state index contributed by atoms with van der Waals surface area (Å²) in [6.07, 6.45) is 4.35. The Balaban J connectivity index is 3.48. The second-order valence-electron chi connectivity index (χ2n) is 6.65. The van der Waals surface area contributed by atoms with Gasteiger partial charge in [0.1, 0.15) is 5.60 Å². The quantitative estimate of drug-likeness (QED) is 0.623. The van der Waals surface area contributed by atoms with Crippen LogP contribution < -0.4 is 4.72 Å². The zero-order valence-electron chi connectivity index (χ0n) is 16.4. The van der Waals surface area contributed by atoms with Gasteiger partial charge in [0.05, 0.1) is 10.9 Å². The Kier molecular flexibility index (Phi) is 8.08. The summed E-state index contributed by atoms with van der Waals surface area (Å²) in [6, 6.07) is 5.29. The first kappa shape index (κ1) is 22.9. The van der Waals surface area contributed by atoms with Crippen LogP contribution in [0, 0.1) is 5.92 Å². The van der Waals surface area contributed by atoms with Crippen molar-refractivity contribution in [3.05, 3.63) is 52.6 Å². The lowest BCUT2D eigenvalue weighted by molar-refractivity contribution is 0.0580. The predicted octanol–water partition coefficient (Wildman–Crippen LogP) is 4.70. The third-order valence-corrected chi connectivity index (χ3v) is 6.85. The van der Waals surface area contributed by atoms with Crippen molar-refractivity contribution in [3.8, 4) is 0 Å². The average molecular weight is 400 g/mol. The van der Waals surface area contributed by atoms with Crippen molar-refractivity contribution in [2.75, 3.05) is 0 Å². The van der Waals surface area contributed by atoms with E-state index in [1.54, 1.807) is 0 Å². The standard InChI is InChI=1S/C20H30ClNO3S/c1-7-14(4)19(20(23,15(5)8-2)16(6)9-3)22-26(24,25)18-12-10-17(21)11-13-18/h8-14,19,22-23H,7H2,1-6H3/t14-,19-,20?/m0/s1. The highest BCUT2D eigenvalue weighted by atomic mass is 35.5. The second-order valence-corrected chi connectivity index (χ2v) is 8.80. The van der Waals surface area contributed by atoms with Crippen LogP contribution in [-0.4, -0.2) is 25.2 Å². The van der Waals surface area contributed by atoms with Gasteiger partial charge in [0.25, 0.3) is 0 Å². The maximum Gasteiger partial charge on any atom is 0.240 e. The van der Waals surface area contributed by atoms with Crippen LogP contribution >= 0.6 is 11.6 Å². The largest absolute Gasteiger partial charge is 0.379 e. The first-order valence-corrected chi connectivity index (χ1v) is 10.7. The predicted molar refractivity (Wildman–Crippen MR) is 109 cm³/mol. The molecule has 0 unspecified atom stereocenters. The van der Waals surface area contributed by atoms with Gasteiger partial charge < -0.3 is 5.11 Å². The number of benzene rings is 1. The van der Waals surface area contributed by atoms with Gasteiger partial charge in [0, 0.05) is 5.02 Å². The van der Waals surface area contributed by atoms with Gasteiger partial charge in [0.2, 0.25) is 10.0 Å². The van der Waals surface area contributed by atoms with Crippen molar-refractivity contribution in [1.82, 2.24) is 4.72 Å². The number of hydrogen-bond donors (Lipinski definition) is 2. The Bertz CT molecular complexity index is 749. The molecule has 26 heavy (non-hydrogen) atoms. The molecule has 0 fully saturated rings. The van der Waals surface area contributed by atoms with Crippen molar-refractivity contribution in [1.29, 1.82) is 0 Å². The highest BCUT2D eigenvalue weighted by Crippen LogP contribution is 2.35. The highest BCUT2D eigenvalue weighted by molar-refractivity contribution is 7.89. The minimum atomic E-state index is -3.82. The Labute approximate surface area is 163 Å². The van der Waals surface area contributed by atoms with E-state index in [4.69, 9.17) is 11.6 Å². The fraction of sp³-hybridized carbons (Fsp3) is 0.500. The number of halogens is 1. The van der Waals surface area contributed by atoms with E-state index in [0.29, 0.717) is 22.6 Å². The number of hydrogen-bond acceptors (Lipinski definition) is 3. The number of rotatable bonds is 8. The van der Waals surface area contributed by atoms with E-state index in [-0.39, 0.29) is 10.8 Å². The minimum absolute atomic E-state index is 0.0909. The number of nitrogens with one attached hydrogen (secondary N) is 1. The van der Waals surface area contributed by atoms with Gasteiger partial charge in [-0.15, -0.1) is 0 Å². The van der Waals surface area contributed by atoms with Gasteiger partial charge in [0.15, 0.2) is 0 Å². The number of allylic oxidation sites excluding steroid dienone is 2. The molecule has 0 heterocycles. The monoisotopic (exact) mass is 399 g/mol. The minimum Gasteiger partial charge on any atom is -0.379 e. The Morgan fingerprint density at radius 1 is 1.19 bits per heavy atom. The van der Waals surface area contributed by atoms with Gasteiger partial charge in [-0.05, 0) is 69.0 Å². The van der Waals surface area contributed by atoms with Crippen LogP contribution in [0.5, 0.6) is 0 Å². The van der Waals surface area contributed by atoms with Crippen LogP contribution in [0.1, 0.15) is 48.0 Å². The molecule has 0 amide bonds. The molecule has 0 aliphatic rings. The van der Waals surface area contributed by atoms with Gasteiger partial charge in [-0.3, -0.25) is 0 Å². The summed E-state index contributed by atoms with van der Waals surface area (Å²) in [5.74, 6) is -0.0909. The maximum absolute atomic E-state index is 12.9. The molecule has 4 nitrogen and oxygen atoms in total. The number of sulfonamides is 1. The molecule has 0 spiro atoms. The molecule has 0 aliphatic carbocycles. The molecule has 1 aromatic carbocycles. The molecule has 0 aromatic heterocycles. The maximum atomic E-state index is 12.9. The van der Waals surface area contributed by atoms with Crippen LogP contribution in [-0.2, 0) is 10.0 Å². The van der Waals surface area contributed by atoms with E-state index in [1.165, 1.54) is 24.3 Å². The second kappa shape index (κ2) is 9.18. The van der Waals surface area contributed by atoms with Gasteiger partial charge in [-0.25, -0.2) is 13.1 Å². The first-order valence-electron chi connectivity index (χ1n) is 8.81. The molecule has 2 atom stereocenters. The molecular formula is C20H30ClNO3S. The lowest BCUT2D eigenvalue weighted by atomic mass is 9.75. The van der Waals surface area contributed by atoms with Gasteiger partial charge >= 0.3 is 0 Å². The molecule has 0 aliphatic heterocycles. The summed E-state index contributed by atoms with van der Waals surface area (Å²) < 4.78 is 28.6. The topological polar surface area (TPSA) is 66.4 Å². The summed E-state index contributed by atoms with van der Waals surface area (Å²) in [5, 5.41) is 12.0. The molecule has 0 radical (unpaired) electrons. The van der Waals surface area contributed by atoms with E-state index in [0.717, 1.165) is 0 Å². The van der Waals surface area contributed by atoms with Crippen molar-refractivity contribution in [2.45, 2.75) is 64.5 Å². The van der Waals surface area contributed by atoms with Crippen molar-refractivity contribution < 1.29 is 13.5 Å². The van der Waals surface area contributed by atoms with Gasteiger partial charge in [-0.1, -0.05) is 44.0 Å². The summed E-state index contributed by atoms with van der Waals surface area (Å²) in [7, 11) is -3.82. The van der Waals surface area contributed by atoms with Crippen LogP contribution in [0.4, 0.5) is 0 Å². The fourth-order valence-corrected chi connectivity index (χ4v) is 4.43. The lowest BCUT2D eigenvalue weighted by Gasteiger charge is -2.41. The third kappa shape index (κ3) is 4.77. The van der Waals surface area contributed by atoms with Crippen molar-refractivity contribution in [3.63, 3.8) is 0 Å². The number of aliphatic hydroxyl groups is 1. The SMILES string of the molecule is CC=C(C)C(O)(C(C)=CC)[C@@H](NS(=O)(=O)c1ccc(Cl)cc1)[C@@H](C)CC. The van der Waals surface area contributed by atoms with Gasteiger partial charge in [-0.2, -0.15) is 0 Å². The van der Waals surface area contributed by atoms with E-state index in [1.807, 2.05) is 53.7 Å². The summed E-state index contributed by atoms with van der Waals surface area (Å²) >= 11 is 5.86. The Morgan fingerprint density at radius 2 is 1.65 bits per heavy atom. The summed E-state index contributed by atoms with van der Waals surface area (Å²) in [5.41, 5.74) is 0.00715. The van der Waals surface area contributed by atoms with Crippen LogP contribution in [0.2, 0.25) is 5.02 Å². The molecule has 0 saturated carbocycles. The van der Waals surface area contributed by atoms with E-state index >= 15 is 0 Å². The molecular weight excluding hydrogens is 370 g/mol. The Hall–Kier alpha value is -1.14. The average Bonchev–Trinajstić information content (AvgIpc) is 2.63. The molecule has 1 rings (SSSR count).